The summed E-state index contributed by atoms with van der Waals surface area (Å²) in [7, 11) is 3.92. The van der Waals surface area contributed by atoms with Crippen molar-refractivity contribution in [1.82, 2.24) is 9.80 Å². The number of hydrogen-bond acceptors (Lipinski definition) is 6. The predicted octanol–water partition coefficient (Wildman–Crippen LogP) is 4.48. The topological polar surface area (TPSA) is 83.2 Å². The molecule has 1 saturated heterocycles. The molecule has 0 spiro atoms. The zero-order valence-corrected chi connectivity index (χ0v) is 20.3. The van der Waals surface area contributed by atoms with Crippen molar-refractivity contribution < 1.29 is 23.8 Å². The molecule has 0 aliphatic carbocycles. The first-order valence-electron chi connectivity index (χ1n) is 11.4. The van der Waals surface area contributed by atoms with E-state index in [-0.39, 0.29) is 17.3 Å². The molecule has 1 aliphatic rings. The monoisotopic (exact) mass is 454 g/mol. The fourth-order valence-electron chi connectivity index (χ4n) is 4.15. The Morgan fingerprint density at radius 1 is 1.21 bits per heavy atom. The van der Waals surface area contributed by atoms with Crippen LogP contribution in [0.25, 0.3) is 5.76 Å². The van der Waals surface area contributed by atoms with Gasteiger partial charge in [0.05, 0.1) is 12.2 Å². The quantitative estimate of drug-likeness (QED) is 0.342. The molecule has 0 saturated carbocycles. The summed E-state index contributed by atoms with van der Waals surface area (Å²) in [5.41, 5.74) is 1.45. The molecular formula is C26H34N2O5. The number of ether oxygens (including phenoxy) is 1. The van der Waals surface area contributed by atoms with Crippen LogP contribution in [0.1, 0.15) is 61.8 Å². The Morgan fingerprint density at radius 3 is 2.52 bits per heavy atom. The average Bonchev–Trinajstić information content (AvgIpc) is 3.29. The molecule has 33 heavy (non-hydrogen) atoms. The van der Waals surface area contributed by atoms with Gasteiger partial charge in [-0.1, -0.05) is 13.8 Å². The molecule has 2 heterocycles. The van der Waals surface area contributed by atoms with Crippen molar-refractivity contribution in [3.8, 4) is 5.75 Å². The SMILES string of the molecule is CCOc1ccc(/C(O)=C2/C(=O)C(=O)N(CCCN(C)C)C2c2ccc(C)o2)cc1C(C)C. The van der Waals surface area contributed by atoms with Crippen molar-refractivity contribution in [2.45, 2.75) is 46.1 Å². The van der Waals surface area contributed by atoms with E-state index in [0.717, 1.165) is 17.9 Å². The summed E-state index contributed by atoms with van der Waals surface area (Å²) >= 11 is 0. The molecule has 1 amide bonds. The summed E-state index contributed by atoms with van der Waals surface area (Å²) in [6.45, 7) is 9.48. The molecule has 1 aromatic heterocycles. The number of benzene rings is 1. The van der Waals surface area contributed by atoms with Gasteiger partial charge < -0.3 is 24.1 Å². The molecule has 0 bridgehead atoms. The average molecular weight is 455 g/mol. The summed E-state index contributed by atoms with van der Waals surface area (Å²) in [6.07, 6.45) is 0.691. The lowest BCUT2D eigenvalue weighted by molar-refractivity contribution is -0.140. The zero-order chi connectivity index (χ0) is 24.3. The van der Waals surface area contributed by atoms with Gasteiger partial charge in [-0.2, -0.15) is 0 Å². The second kappa shape index (κ2) is 10.3. The number of nitrogens with zero attached hydrogens (tertiary/aromatic N) is 2. The van der Waals surface area contributed by atoms with Crippen molar-refractivity contribution in [2.24, 2.45) is 0 Å². The highest BCUT2D eigenvalue weighted by Gasteiger charge is 2.47. The second-order valence-electron chi connectivity index (χ2n) is 8.94. The molecule has 1 unspecified atom stereocenters. The van der Waals surface area contributed by atoms with E-state index in [0.29, 0.717) is 36.7 Å². The number of amides is 1. The van der Waals surface area contributed by atoms with Crippen LogP contribution in [-0.4, -0.2) is 60.4 Å². The van der Waals surface area contributed by atoms with Gasteiger partial charge in [0.1, 0.15) is 29.1 Å². The van der Waals surface area contributed by atoms with Gasteiger partial charge in [-0.3, -0.25) is 9.59 Å². The largest absolute Gasteiger partial charge is 0.507 e. The third-order valence-corrected chi connectivity index (χ3v) is 5.78. The van der Waals surface area contributed by atoms with E-state index >= 15 is 0 Å². The number of rotatable bonds is 9. The number of Topliss-reactive ketones (excluding diaryl/α,β-unsaturated/α-hetero) is 1. The van der Waals surface area contributed by atoms with Gasteiger partial charge in [-0.05, 0) is 82.7 Å². The van der Waals surface area contributed by atoms with E-state index in [1.807, 2.05) is 52.8 Å². The van der Waals surface area contributed by atoms with Crippen LogP contribution in [0.3, 0.4) is 0 Å². The minimum Gasteiger partial charge on any atom is -0.507 e. The summed E-state index contributed by atoms with van der Waals surface area (Å²) in [5.74, 6) is 0.510. The third-order valence-electron chi connectivity index (χ3n) is 5.78. The highest BCUT2D eigenvalue weighted by atomic mass is 16.5. The molecule has 1 aromatic carbocycles. The molecule has 1 atom stereocenters. The number of likely N-dealkylation sites (tertiary alicyclic amines) is 1. The molecular weight excluding hydrogens is 420 g/mol. The van der Waals surface area contributed by atoms with E-state index in [4.69, 9.17) is 9.15 Å². The Morgan fingerprint density at radius 2 is 1.94 bits per heavy atom. The van der Waals surface area contributed by atoms with Crippen molar-refractivity contribution in [2.75, 3.05) is 33.8 Å². The van der Waals surface area contributed by atoms with Gasteiger partial charge in [-0.25, -0.2) is 0 Å². The Kier molecular flexibility index (Phi) is 7.64. The van der Waals surface area contributed by atoms with Crippen molar-refractivity contribution in [1.29, 1.82) is 0 Å². The molecule has 7 heteroatoms. The number of aliphatic hydroxyl groups is 1. The van der Waals surface area contributed by atoms with E-state index in [1.54, 1.807) is 24.3 Å². The molecule has 178 valence electrons. The molecule has 1 aliphatic heterocycles. The third kappa shape index (κ3) is 5.14. The van der Waals surface area contributed by atoms with Crippen LogP contribution in [-0.2, 0) is 9.59 Å². The molecule has 1 fully saturated rings. The van der Waals surface area contributed by atoms with Crippen molar-refractivity contribution in [3.63, 3.8) is 0 Å². The normalized spacial score (nSPS) is 18.1. The highest BCUT2D eigenvalue weighted by molar-refractivity contribution is 6.46. The Labute approximate surface area is 195 Å². The highest BCUT2D eigenvalue weighted by Crippen LogP contribution is 2.41. The number of aliphatic hydroxyl groups excluding tert-OH is 1. The van der Waals surface area contributed by atoms with Gasteiger partial charge in [0.2, 0.25) is 0 Å². The van der Waals surface area contributed by atoms with Crippen LogP contribution in [0.4, 0.5) is 0 Å². The fourth-order valence-corrected chi connectivity index (χ4v) is 4.15. The van der Waals surface area contributed by atoms with Crippen LogP contribution in [0.15, 0.2) is 40.3 Å². The second-order valence-corrected chi connectivity index (χ2v) is 8.94. The maximum Gasteiger partial charge on any atom is 0.295 e. The van der Waals surface area contributed by atoms with E-state index in [9.17, 15) is 14.7 Å². The number of ketones is 1. The van der Waals surface area contributed by atoms with E-state index < -0.39 is 17.7 Å². The predicted molar refractivity (Wildman–Crippen MR) is 127 cm³/mol. The minimum absolute atomic E-state index is 0.0538. The summed E-state index contributed by atoms with van der Waals surface area (Å²) in [4.78, 5) is 29.6. The van der Waals surface area contributed by atoms with Gasteiger partial charge >= 0.3 is 0 Å². The standard InChI is InChI=1S/C26H34N2O5/c1-7-32-20-12-10-18(15-19(20)16(2)3)24(29)22-23(21-11-9-17(4)33-21)28(26(31)25(22)30)14-8-13-27(5)6/h9-12,15-16,23,29H,7-8,13-14H2,1-6H3/b24-22-. The minimum atomic E-state index is -0.769. The Balaban J connectivity index is 2.10. The van der Waals surface area contributed by atoms with Gasteiger partial charge in [0.15, 0.2) is 0 Å². The lowest BCUT2D eigenvalue weighted by atomic mass is 9.95. The fraction of sp³-hybridized carbons (Fsp3) is 0.462. The molecule has 2 aromatic rings. The lowest BCUT2D eigenvalue weighted by Gasteiger charge is -2.24. The smallest absolute Gasteiger partial charge is 0.295 e. The van der Waals surface area contributed by atoms with Gasteiger partial charge in [0, 0.05) is 12.1 Å². The van der Waals surface area contributed by atoms with Crippen molar-refractivity contribution >= 4 is 17.4 Å². The number of aryl methyl sites for hydroxylation is 1. The first-order valence-corrected chi connectivity index (χ1v) is 11.4. The van der Waals surface area contributed by atoms with Crippen molar-refractivity contribution in [3.05, 3.63) is 58.6 Å². The van der Waals surface area contributed by atoms with Crippen LogP contribution in [0, 0.1) is 6.92 Å². The maximum absolute atomic E-state index is 13.1. The van der Waals surface area contributed by atoms with Gasteiger partial charge in [0.25, 0.3) is 11.7 Å². The summed E-state index contributed by atoms with van der Waals surface area (Å²) < 4.78 is 11.6. The van der Waals surface area contributed by atoms with Crippen LogP contribution < -0.4 is 4.74 Å². The zero-order valence-electron chi connectivity index (χ0n) is 20.3. The molecule has 7 nitrogen and oxygen atoms in total. The molecule has 1 N–H and O–H groups in total. The summed E-state index contributed by atoms with van der Waals surface area (Å²) in [6, 6.07) is 8.13. The Bertz CT molecular complexity index is 1050. The first kappa shape index (κ1) is 24.6. The van der Waals surface area contributed by atoms with E-state index in [2.05, 4.69) is 0 Å². The van der Waals surface area contributed by atoms with E-state index in [1.165, 1.54) is 4.90 Å². The Hall–Kier alpha value is -3.06. The molecule has 3 rings (SSSR count). The van der Waals surface area contributed by atoms with Crippen LogP contribution in [0.5, 0.6) is 5.75 Å². The number of carbonyl (C=O) groups excluding carboxylic acids is 2. The van der Waals surface area contributed by atoms with Gasteiger partial charge in [-0.15, -0.1) is 0 Å². The lowest BCUT2D eigenvalue weighted by Crippen LogP contribution is -2.32. The number of hydrogen-bond donors (Lipinski definition) is 1. The van der Waals surface area contributed by atoms with Crippen LogP contribution in [0.2, 0.25) is 0 Å². The first-order chi connectivity index (χ1) is 15.6. The number of furan rings is 1. The van der Waals surface area contributed by atoms with Crippen LogP contribution >= 0.6 is 0 Å². The summed E-state index contributed by atoms with van der Waals surface area (Å²) in [5, 5.41) is 11.3. The molecule has 0 radical (unpaired) electrons. The number of carbonyl (C=O) groups is 2. The maximum atomic E-state index is 13.1.